The number of halogens is 4. The Morgan fingerprint density at radius 2 is 1.68 bits per heavy atom. The predicted molar refractivity (Wildman–Crippen MR) is 164 cm³/mol. The Morgan fingerprint density at radius 3 is 2.21 bits per heavy atom. The average molecular weight is 682 g/mol. The van der Waals surface area contributed by atoms with Gasteiger partial charge in [-0.3, -0.25) is 35.6 Å². The van der Waals surface area contributed by atoms with E-state index in [1.807, 2.05) is 0 Å². The lowest BCUT2D eigenvalue weighted by Crippen LogP contribution is -2.45. The summed E-state index contributed by atoms with van der Waals surface area (Å²) in [6, 6.07) is 11.9. The SMILES string of the molecule is CCOc1cc(C(Nc2ccc(C(=N)N)cc2)C(=O)NNC(=O)c2ccncc2Cl)ccc1OCC(=O)N(C)C.O=C(O)C(F)(F)F. The number of nitrogen functional groups attached to an aromatic ring is 1. The van der Waals surface area contributed by atoms with Gasteiger partial charge in [0.05, 0.1) is 17.2 Å². The van der Waals surface area contributed by atoms with E-state index < -0.39 is 30.0 Å². The molecule has 1 heterocycles. The number of hydrazine groups is 1. The van der Waals surface area contributed by atoms with Gasteiger partial charge in [0.25, 0.3) is 17.7 Å². The molecule has 18 heteroatoms. The molecule has 0 saturated carbocycles. The summed E-state index contributed by atoms with van der Waals surface area (Å²) in [4.78, 5) is 52.1. The number of alkyl halides is 3. The number of hydrogen-bond acceptors (Lipinski definition) is 9. The molecular weight excluding hydrogens is 651 g/mol. The summed E-state index contributed by atoms with van der Waals surface area (Å²) in [5.41, 5.74) is 12.0. The van der Waals surface area contributed by atoms with Gasteiger partial charge in [-0.1, -0.05) is 17.7 Å². The fourth-order valence-electron chi connectivity index (χ4n) is 3.39. The number of amides is 3. The van der Waals surface area contributed by atoms with Gasteiger partial charge in [-0.25, -0.2) is 4.79 Å². The number of carboxylic acids is 1. The van der Waals surface area contributed by atoms with Gasteiger partial charge in [0.1, 0.15) is 11.9 Å². The number of nitrogens with one attached hydrogen (secondary N) is 4. The summed E-state index contributed by atoms with van der Waals surface area (Å²) in [6.45, 7) is 1.90. The van der Waals surface area contributed by atoms with Gasteiger partial charge in [0.15, 0.2) is 18.1 Å². The summed E-state index contributed by atoms with van der Waals surface area (Å²) in [5, 5.41) is 18.0. The molecule has 7 N–H and O–H groups in total. The fraction of sp³-hybridized carbons (Fsp3) is 0.241. The Labute approximate surface area is 271 Å². The average Bonchev–Trinajstić information content (AvgIpc) is 3.02. The number of aliphatic carboxylic acids is 1. The van der Waals surface area contributed by atoms with Crippen molar-refractivity contribution in [1.82, 2.24) is 20.7 Å². The van der Waals surface area contributed by atoms with Gasteiger partial charge in [0, 0.05) is 37.7 Å². The molecule has 252 valence electrons. The summed E-state index contributed by atoms with van der Waals surface area (Å²) in [7, 11) is 3.25. The molecule has 0 bridgehead atoms. The standard InChI is InChI=1S/C27H30ClN7O5.C2HF3O2/c1-4-39-22-13-17(7-10-21(22)40-15-23(36)35(2)3)24(32-18-8-5-16(6-9-18)25(29)30)27(38)34-33-26(37)19-11-12-31-14-20(19)28;3-2(4,5)1(6)7/h5-14,24,32H,4,15H2,1-3H3,(H3,29,30)(H,33,37)(H,34,38);(H,6,7). The van der Waals surface area contributed by atoms with Crippen molar-refractivity contribution < 1.29 is 46.9 Å². The van der Waals surface area contributed by atoms with E-state index in [-0.39, 0.29) is 28.9 Å². The highest BCUT2D eigenvalue weighted by molar-refractivity contribution is 6.33. The minimum atomic E-state index is -5.08. The number of nitrogens with zero attached hydrogens (tertiary/aromatic N) is 2. The normalized spacial score (nSPS) is 11.1. The van der Waals surface area contributed by atoms with E-state index in [4.69, 9.17) is 42.1 Å². The third-order valence-electron chi connectivity index (χ3n) is 5.78. The molecule has 3 rings (SSSR count). The molecule has 0 aliphatic carbocycles. The van der Waals surface area contributed by atoms with Crippen LogP contribution < -0.4 is 31.4 Å². The van der Waals surface area contributed by atoms with Gasteiger partial charge in [-0.05, 0) is 55.0 Å². The molecule has 14 nitrogen and oxygen atoms in total. The van der Waals surface area contributed by atoms with Crippen molar-refractivity contribution in [3.8, 4) is 11.5 Å². The number of amidine groups is 1. The maximum atomic E-state index is 13.4. The number of anilines is 1. The quantitative estimate of drug-likeness (QED) is 0.0989. The van der Waals surface area contributed by atoms with Gasteiger partial charge < -0.3 is 30.5 Å². The van der Waals surface area contributed by atoms with Gasteiger partial charge in [-0.15, -0.1) is 0 Å². The Hall–Kier alpha value is -5.58. The van der Waals surface area contributed by atoms with Crippen molar-refractivity contribution in [2.75, 3.05) is 32.6 Å². The minimum Gasteiger partial charge on any atom is -0.490 e. The van der Waals surface area contributed by atoms with Crippen LogP contribution in [0.4, 0.5) is 18.9 Å². The maximum absolute atomic E-state index is 13.4. The zero-order chi connectivity index (χ0) is 35.3. The Bertz CT molecular complexity index is 1590. The third kappa shape index (κ3) is 11.7. The second-order valence-electron chi connectivity index (χ2n) is 9.39. The molecule has 1 unspecified atom stereocenters. The number of likely N-dealkylation sites (N-methyl/N-ethyl adjacent to an activating group) is 1. The first-order valence-electron chi connectivity index (χ1n) is 13.4. The van der Waals surface area contributed by atoms with Crippen molar-refractivity contribution in [1.29, 1.82) is 5.41 Å². The molecule has 3 amide bonds. The number of aromatic nitrogens is 1. The molecule has 2 aromatic carbocycles. The first-order valence-corrected chi connectivity index (χ1v) is 13.7. The van der Waals surface area contributed by atoms with Crippen molar-refractivity contribution in [3.05, 3.63) is 82.6 Å². The first-order chi connectivity index (χ1) is 22.0. The highest BCUT2D eigenvalue weighted by Crippen LogP contribution is 2.32. The van der Waals surface area contributed by atoms with E-state index in [0.717, 1.165) is 0 Å². The monoisotopic (exact) mass is 681 g/mol. The lowest BCUT2D eigenvalue weighted by molar-refractivity contribution is -0.192. The highest BCUT2D eigenvalue weighted by atomic mass is 35.5. The van der Waals surface area contributed by atoms with Crippen molar-refractivity contribution >= 4 is 46.8 Å². The zero-order valence-corrected chi connectivity index (χ0v) is 25.9. The van der Waals surface area contributed by atoms with Gasteiger partial charge in [-0.2, -0.15) is 13.2 Å². The summed E-state index contributed by atoms with van der Waals surface area (Å²) >= 11 is 6.04. The van der Waals surface area contributed by atoms with E-state index >= 15 is 0 Å². The lowest BCUT2D eigenvalue weighted by atomic mass is 10.0. The summed E-state index contributed by atoms with van der Waals surface area (Å²) < 4.78 is 43.1. The number of hydrogen-bond donors (Lipinski definition) is 6. The first kappa shape index (κ1) is 37.6. The van der Waals surface area contributed by atoms with Crippen LogP contribution in [-0.2, 0) is 14.4 Å². The summed E-state index contributed by atoms with van der Waals surface area (Å²) in [6.07, 6.45) is -2.36. The second kappa shape index (κ2) is 17.2. The topological polar surface area (TPSA) is 209 Å². The Kier molecular flexibility index (Phi) is 13.8. The van der Waals surface area contributed by atoms with Crippen LogP contribution in [0.1, 0.15) is 34.5 Å². The van der Waals surface area contributed by atoms with Crippen molar-refractivity contribution in [2.24, 2.45) is 5.73 Å². The van der Waals surface area contributed by atoms with E-state index in [9.17, 15) is 27.6 Å². The van der Waals surface area contributed by atoms with Crippen LogP contribution >= 0.6 is 11.6 Å². The zero-order valence-electron chi connectivity index (χ0n) is 25.1. The van der Waals surface area contributed by atoms with Crippen LogP contribution in [0.5, 0.6) is 11.5 Å². The Balaban J connectivity index is 0.000000984. The number of pyridine rings is 1. The molecule has 3 aromatic rings. The smallest absolute Gasteiger partial charge is 0.490 e. The molecule has 0 fully saturated rings. The molecule has 47 heavy (non-hydrogen) atoms. The summed E-state index contributed by atoms with van der Waals surface area (Å²) in [5.74, 6) is -3.67. The molecule has 0 saturated heterocycles. The predicted octanol–water partition coefficient (Wildman–Crippen LogP) is 3.13. The maximum Gasteiger partial charge on any atom is 0.490 e. The molecule has 0 radical (unpaired) electrons. The molecule has 0 aliphatic heterocycles. The van der Waals surface area contributed by atoms with Crippen LogP contribution in [0.15, 0.2) is 60.9 Å². The van der Waals surface area contributed by atoms with Gasteiger partial charge >= 0.3 is 12.1 Å². The van der Waals surface area contributed by atoms with E-state index in [2.05, 4.69) is 21.2 Å². The largest absolute Gasteiger partial charge is 0.490 e. The van der Waals surface area contributed by atoms with Crippen LogP contribution in [0.3, 0.4) is 0 Å². The minimum absolute atomic E-state index is 0.0944. The molecule has 1 atom stereocenters. The van der Waals surface area contributed by atoms with E-state index in [1.54, 1.807) is 63.5 Å². The lowest BCUT2D eigenvalue weighted by Gasteiger charge is -2.22. The van der Waals surface area contributed by atoms with Gasteiger partial charge in [0.2, 0.25) is 0 Å². The molecule has 1 aromatic heterocycles. The fourth-order valence-corrected chi connectivity index (χ4v) is 3.60. The molecule has 0 spiro atoms. The number of carboxylic acid groups (broad SMARTS) is 1. The number of carbonyl (C=O) groups is 4. The molecular formula is C29H31ClF3N7O7. The van der Waals surface area contributed by atoms with E-state index in [0.29, 0.717) is 34.9 Å². The van der Waals surface area contributed by atoms with E-state index in [1.165, 1.54) is 23.4 Å². The number of carbonyl (C=O) groups excluding carboxylic acids is 3. The second-order valence-corrected chi connectivity index (χ2v) is 9.79. The molecule has 0 aliphatic rings. The van der Waals surface area contributed by atoms with Crippen LogP contribution in [0.2, 0.25) is 5.02 Å². The van der Waals surface area contributed by atoms with Crippen LogP contribution in [0.25, 0.3) is 0 Å². The van der Waals surface area contributed by atoms with Crippen LogP contribution in [-0.4, -0.2) is 78.0 Å². The number of nitrogens with two attached hydrogens (primary N) is 1. The number of ether oxygens (including phenoxy) is 2. The van der Waals surface area contributed by atoms with Crippen molar-refractivity contribution in [3.63, 3.8) is 0 Å². The Morgan fingerprint density at radius 1 is 1.04 bits per heavy atom. The number of benzene rings is 2. The highest BCUT2D eigenvalue weighted by Gasteiger charge is 2.38. The third-order valence-corrected chi connectivity index (χ3v) is 6.08. The van der Waals surface area contributed by atoms with Crippen LogP contribution in [0, 0.1) is 5.41 Å². The van der Waals surface area contributed by atoms with Crippen molar-refractivity contribution in [2.45, 2.75) is 19.1 Å². The number of rotatable bonds is 11.